The number of rotatable bonds is 3. The SMILES string of the molecule is Cc1ccc2c(c1C)n(-c1c3c4ccccc4n(Cc4ccccc4)c3cc[n+]1C)c1nc3c(C)cccc3n21. The van der Waals surface area contributed by atoms with E-state index in [1.54, 1.807) is 0 Å². The minimum atomic E-state index is 0.810. The van der Waals surface area contributed by atoms with Gasteiger partial charge in [0.05, 0.1) is 40.7 Å². The van der Waals surface area contributed by atoms with Crippen molar-refractivity contribution >= 4 is 49.7 Å². The molecule has 0 saturated heterocycles. The summed E-state index contributed by atoms with van der Waals surface area (Å²) in [5.41, 5.74) is 12.0. The van der Waals surface area contributed by atoms with Gasteiger partial charge in [0.25, 0.3) is 5.82 Å². The highest BCUT2D eigenvalue weighted by atomic mass is 15.3. The standard InChI is InChI=1S/C35H30N5/c1-22-17-18-30-33(24(22)3)40(35-36-32-23(2)11-10-16-29(32)39(30)35)34-31-26-14-8-9-15-27(26)38(28(31)19-20-37(34)4)21-25-12-6-5-7-13-25/h5-20H,21H2,1-4H3/q+1. The fourth-order valence-electron chi connectivity index (χ4n) is 6.53. The Hall–Kier alpha value is -4.90. The predicted octanol–water partition coefficient (Wildman–Crippen LogP) is 7.34. The first-order chi connectivity index (χ1) is 19.5. The molecule has 0 atom stereocenters. The molecule has 0 aliphatic rings. The van der Waals surface area contributed by atoms with Crippen LogP contribution in [0.3, 0.4) is 0 Å². The molecule has 194 valence electrons. The molecule has 0 aliphatic carbocycles. The molecular formula is C35H30N5+. The molecule has 0 N–H and O–H groups in total. The molecule has 8 aromatic rings. The summed E-state index contributed by atoms with van der Waals surface area (Å²) in [5.74, 6) is 2.07. The average molecular weight is 521 g/mol. The fourth-order valence-corrected chi connectivity index (χ4v) is 6.53. The first-order valence-corrected chi connectivity index (χ1v) is 13.8. The third-order valence-electron chi connectivity index (χ3n) is 8.63. The fraction of sp³-hybridized carbons (Fsp3) is 0.143. The summed E-state index contributed by atoms with van der Waals surface area (Å²) in [4.78, 5) is 5.31. The van der Waals surface area contributed by atoms with Crippen LogP contribution < -0.4 is 4.57 Å². The first kappa shape index (κ1) is 23.0. The van der Waals surface area contributed by atoms with E-state index in [1.165, 1.54) is 55.1 Å². The van der Waals surface area contributed by atoms with Crippen molar-refractivity contribution in [3.63, 3.8) is 0 Å². The highest BCUT2D eigenvalue weighted by Gasteiger charge is 2.30. The van der Waals surface area contributed by atoms with E-state index in [-0.39, 0.29) is 0 Å². The molecule has 40 heavy (non-hydrogen) atoms. The summed E-state index contributed by atoms with van der Waals surface area (Å²) in [6.07, 6.45) is 2.19. The number of aromatic nitrogens is 5. The van der Waals surface area contributed by atoms with Crippen LogP contribution >= 0.6 is 0 Å². The van der Waals surface area contributed by atoms with Crippen molar-refractivity contribution in [3.8, 4) is 5.82 Å². The van der Waals surface area contributed by atoms with E-state index in [2.05, 4.69) is 143 Å². The van der Waals surface area contributed by atoms with Crippen LogP contribution in [0, 0.1) is 20.8 Å². The second kappa shape index (κ2) is 8.30. The topological polar surface area (TPSA) is 31.0 Å². The zero-order chi connectivity index (χ0) is 27.1. The van der Waals surface area contributed by atoms with Gasteiger partial charge in [-0.2, -0.15) is 9.55 Å². The number of pyridine rings is 1. The Morgan fingerprint density at radius 2 is 1.48 bits per heavy atom. The average Bonchev–Trinajstić information content (AvgIpc) is 3.60. The van der Waals surface area contributed by atoms with Crippen molar-refractivity contribution < 1.29 is 4.57 Å². The van der Waals surface area contributed by atoms with Crippen LogP contribution in [0.1, 0.15) is 22.3 Å². The van der Waals surface area contributed by atoms with E-state index < -0.39 is 0 Å². The number of hydrogen-bond acceptors (Lipinski definition) is 1. The summed E-state index contributed by atoms with van der Waals surface area (Å²) < 4.78 is 9.45. The molecule has 0 bridgehead atoms. The van der Waals surface area contributed by atoms with Gasteiger partial charge in [0.2, 0.25) is 0 Å². The molecule has 0 radical (unpaired) electrons. The quantitative estimate of drug-likeness (QED) is 0.224. The van der Waals surface area contributed by atoms with Crippen molar-refractivity contribution in [2.75, 3.05) is 0 Å². The van der Waals surface area contributed by atoms with Crippen LogP contribution in [-0.2, 0) is 13.6 Å². The summed E-state index contributed by atoms with van der Waals surface area (Å²) in [6, 6.07) is 32.7. The normalized spacial score (nSPS) is 12.1. The maximum Gasteiger partial charge on any atom is 0.312 e. The van der Waals surface area contributed by atoms with E-state index in [0.29, 0.717) is 0 Å². The Kier molecular flexibility index (Phi) is 4.78. The third-order valence-corrected chi connectivity index (χ3v) is 8.63. The van der Waals surface area contributed by atoms with Gasteiger partial charge in [0.1, 0.15) is 0 Å². The number of aryl methyl sites for hydroxylation is 4. The van der Waals surface area contributed by atoms with Crippen molar-refractivity contribution in [1.82, 2.24) is 18.5 Å². The second-order valence-corrected chi connectivity index (χ2v) is 11.0. The molecule has 8 rings (SSSR count). The van der Waals surface area contributed by atoms with Crippen molar-refractivity contribution in [2.45, 2.75) is 27.3 Å². The zero-order valence-corrected chi connectivity index (χ0v) is 23.2. The minimum Gasteiger partial charge on any atom is -0.336 e. The van der Waals surface area contributed by atoms with Crippen molar-refractivity contribution in [2.24, 2.45) is 7.05 Å². The van der Waals surface area contributed by atoms with Gasteiger partial charge >= 0.3 is 5.78 Å². The Labute approximate surface area is 232 Å². The largest absolute Gasteiger partial charge is 0.336 e. The van der Waals surface area contributed by atoms with Crippen molar-refractivity contribution in [3.05, 3.63) is 119 Å². The van der Waals surface area contributed by atoms with Crippen LogP contribution in [0.25, 0.3) is 55.5 Å². The molecule has 4 heterocycles. The summed E-state index contributed by atoms with van der Waals surface area (Å²) in [7, 11) is 2.15. The molecular weight excluding hydrogens is 490 g/mol. The van der Waals surface area contributed by atoms with Gasteiger partial charge in [-0.3, -0.25) is 4.40 Å². The number of benzene rings is 4. The Balaban J connectivity index is 1.58. The van der Waals surface area contributed by atoms with Crippen LogP contribution in [0.2, 0.25) is 0 Å². The molecule has 4 aromatic carbocycles. The van der Waals surface area contributed by atoms with Gasteiger partial charge in [0, 0.05) is 29.1 Å². The van der Waals surface area contributed by atoms with E-state index in [9.17, 15) is 0 Å². The maximum absolute atomic E-state index is 5.31. The number of para-hydroxylation sites is 2. The smallest absolute Gasteiger partial charge is 0.312 e. The van der Waals surface area contributed by atoms with Crippen LogP contribution in [0.4, 0.5) is 0 Å². The monoisotopic (exact) mass is 520 g/mol. The van der Waals surface area contributed by atoms with Gasteiger partial charge in [-0.05, 0) is 55.7 Å². The van der Waals surface area contributed by atoms with E-state index >= 15 is 0 Å². The van der Waals surface area contributed by atoms with E-state index in [4.69, 9.17) is 4.98 Å². The lowest BCUT2D eigenvalue weighted by Crippen LogP contribution is -2.33. The number of fused-ring (bicyclic) bond motifs is 8. The number of hydrogen-bond donors (Lipinski definition) is 0. The zero-order valence-electron chi connectivity index (χ0n) is 23.2. The predicted molar refractivity (Wildman–Crippen MR) is 163 cm³/mol. The second-order valence-electron chi connectivity index (χ2n) is 11.0. The Morgan fingerprint density at radius 3 is 2.33 bits per heavy atom. The molecule has 0 spiro atoms. The molecule has 0 saturated carbocycles. The van der Waals surface area contributed by atoms with Gasteiger partial charge in [0.15, 0.2) is 5.52 Å². The maximum atomic E-state index is 5.31. The van der Waals surface area contributed by atoms with Gasteiger partial charge < -0.3 is 4.57 Å². The lowest BCUT2D eigenvalue weighted by molar-refractivity contribution is -0.664. The van der Waals surface area contributed by atoms with Gasteiger partial charge in [-0.25, -0.2) is 4.57 Å². The Morgan fingerprint density at radius 1 is 0.700 bits per heavy atom. The first-order valence-electron chi connectivity index (χ1n) is 13.8. The highest BCUT2D eigenvalue weighted by Crippen LogP contribution is 2.37. The summed E-state index contributed by atoms with van der Waals surface area (Å²) >= 11 is 0. The molecule has 0 amide bonds. The number of imidazole rings is 2. The molecule has 0 fully saturated rings. The molecule has 4 aromatic heterocycles. The van der Waals surface area contributed by atoms with Crippen LogP contribution in [0.5, 0.6) is 0 Å². The molecule has 5 heteroatoms. The molecule has 0 unspecified atom stereocenters. The van der Waals surface area contributed by atoms with E-state index in [1.807, 2.05) is 0 Å². The molecule has 0 aliphatic heterocycles. The van der Waals surface area contributed by atoms with Crippen LogP contribution in [-0.4, -0.2) is 18.5 Å². The minimum absolute atomic E-state index is 0.810. The highest BCUT2D eigenvalue weighted by molar-refractivity contribution is 6.12. The summed E-state index contributed by atoms with van der Waals surface area (Å²) in [6.45, 7) is 7.39. The lowest BCUT2D eigenvalue weighted by atomic mass is 10.1. The lowest BCUT2D eigenvalue weighted by Gasteiger charge is -2.09. The molecule has 5 nitrogen and oxygen atoms in total. The van der Waals surface area contributed by atoms with Gasteiger partial charge in [-0.15, -0.1) is 0 Å². The van der Waals surface area contributed by atoms with Crippen LogP contribution in [0.15, 0.2) is 97.2 Å². The summed E-state index contributed by atoms with van der Waals surface area (Å²) in [5, 5.41) is 2.48. The number of nitrogens with zero attached hydrogens (tertiary/aromatic N) is 5. The Bertz CT molecular complexity index is 2280. The van der Waals surface area contributed by atoms with Crippen molar-refractivity contribution in [1.29, 1.82) is 0 Å². The third kappa shape index (κ3) is 3.03. The van der Waals surface area contributed by atoms with E-state index in [0.717, 1.165) is 29.2 Å². The van der Waals surface area contributed by atoms with Gasteiger partial charge in [-0.1, -0.05) is 66.7 Å².